The summed E-state index contributed by atoms with van der Waals surface area (Å²) in [5, 5.41) is 44.8. The van der Waals surface area contributed by atoms with Crippen LogP contribution >= 0.6 is 31.9 Å². The molecule has 3 saturated carbocycles. The van der Waals surface area contributed by atoms with Crippen molar-refractivity contribution in [2.24, 2.45) is 22.7 Å². The van der Waals surface area contributed by atoms with Gasteiger partial charge in [0.2, 0.25) is 0 Å². The van der Waals surface area contributed by atoms with Crippen molar-refractivity contribution in [2.45, 2.75) is 99.3 Å². The first-order valence-electron chi connectivity index (χ1n) is 9.84. The van der Waals surface area contributed by atoms with Crippen LogP contribution in [0.5, 0.6) is 0 Å². The van der Waals surface area contributed by atoms with Crippen LogP contribution < -0.4 is 0 Å². The first kappa shape index (κ1) is 21.5. The Kier molecular flexibility index (Phi) is 5.51. The van der Waals surface area contributed by atoms with Crippen LogP contribution in [0.4, 0.5) is 0 Å². The Morgan fingerprint density at radius 3 is 2.12 bits per heavy atom. The van der Waals surface area contributed by atoms with Crippen LogP contribution in [0.2, 0.25) is 0 Å². The van der Waals surface area contributed by atoms with Gasteiger partial charge in [0.1, 0.15) is 0 Å². The molecule has 0 bridgehead atoms. The molecule has 0 saturated heterocycles. The SMILES string of the molecule is CC1(C)CC(O)(C(O)C2C(O)CC3(C)C(Br)CCC(C)(O)C23)CCC1Br. The van der Waals surface area contributed by atoms with Crippen LogP contribution in [-0.2, 0) is 0 Å². The van der Waals surface area contributed by atoms with Crippen LogP contribution in [0.25, 0.3) is 0 Å². The number of aliphatic hydroxyl groups excluding tert-OH is 2. The van der Waals surface area contributed by atoms with E-state index in [0.717, 1.165) is 12.8 Å². The topological polar surface area (TPSA) is 80.9 Å². The fourth-order valence-electron chi connectivity index (χ4n) is 6.49. The van der Waals surface area contributed by atoms with E-state index in [1.807, 2.05) is 6.92 Å². The standard InChI is InChI=1S/C20H34Br2O4/c1-17(2)10-20(26,8-6-12(17)21)16(24)14-11(23)9-18(3)13(22)5-7-19(4,25)15(14)18/h11-16,23-26H,5-10H2,1-4H3. The summed E-state index contributed by atoms with van der Waals surface area (Å²) in [7, 11) is 0. The number of alkyl halides is 2. The lowest BCUT2D eigenvalue weighted by Crippen LogP contribution is -2.60. The molecule has 3 rings (SSSR count). The van der Waals surface area contributed by atoms with Gasteiger partial charge < -0.3 is 20.4 Å². The molecule has 0 spiro atoms. The van der Waals surface area contributed by atoms with Crippen LogP contribution in [-0.4, -0.2) is 53.5 Å². The maximum absolute atomic E-state index is 11.4. The molecule has 9 unspecified atom stereocenters. The summed E-state index contributed by atoms with van der Waals surface area (Å²) < 4.78 is 0. The predicted octanol–water partition coefficient (Wildman–Crippen LogP) is 3.36. The first-order valence-corrected chi connectivity index (χ1v) is 11.7. The van der Waals surface area contributed by atoms with Gasteiger partial charge in [-0.1, -0.05) is 52.6 Å². The average molecular weight is 498 g/mol. The average Bonchev–Trinajstić information content (AvgIpc) is 2.80. The Morgan fingerprint density at radius 1 is 0.962 bits per heavy atom. The zero-order chi connectivity index (χ0) is 19.7. The Morgan fingerprint density at radius 2 is 1.54 bits per heavy atom. The zero-order valence-corrected chi connectivity index (χ0v) is 19.4. The fourth-order valence-corrected chi connectivity index (χ4v) is 7.58. The van der Waals surface area contributed by atoms with E-state index in [4.69, 9.17) is 0 Å². The molecule has 0 amide bonds. The second kappa shape index (κ2) is 6.66. The van der Waals surface area contributed by atoms with Crippen molar-refractivity contribution in [2.75, 3.05) is 0 Å². The Hall–Kier alpha value is 0.800. The van der Waals surface area contributed by atoms with Gasteiger partial charge in [-0.3, -0.25) is 0 Å². The molecule has 3 aliphatic rings. The first-order chi connectivity index (χ1) is 11.7. The highest BCUT2D eigenvalue weighted by Crippen LogP contribution is 2.62. The third kappa shape index (κ3) is 3.24. The molecule has 152 valence electrons. The number of hydrogen-bond donors (Lipinski definition) is 4. The van der Waals surface area contributed by atoms with Gasteiger partial charge in [0, 0.05) is 21.5 Å². The molecule has 9 atom stereocenters. The smallest absolute Gasteiger partial charge is 0.0915 e. The van der Waals surface area contributed by atoms with Crippen molar-refractivity contribution in [3.05, 3.63) is 0 Å². The van der Waals surface area contributed by atoms with Gasteiger partial charge >= 0.3 is 0 Å². The Bertz CT molecular complexity index is 554. The number of aliphatic hydroxyl groups is 4. The van der Waals surface area contributed by atoms with E-state index in [-0.39, 0.29) is 21.6 Å². The highest BCUT2D eigenvalue weighted by molar-refractivity contribution is 9.09. The van der Waals surface area contributed by atoms with E-state index >= 15 is 0 Å². The van der Waals surface area contributed by atoms with E-state index in [1.54, 1.807) is 0 Å². The largest absolute Gasteiger partial charge is 0.393 e. The van der Waals surface area contributed by atoms with Crippen molar-refractivity contribution >= 4 is 31.9 Å². The van der Waals surface area contributed by atoms with Gasteiger partial charge in [-0.15, -0.1) is 0 Å². The maximum Gasteiger partial charge on any atom is 0.0915 e. The molecular formula is C20H34Br2O4. The molecule has 3 aliphatic carbocycles. The number of hydrogen-bond acceptors (Lipinski definition) is 4. The van der Waals surface area contributed by atoms with E-state index in [0.29, 0.717) is 30.5 Å². The number of fused-ring (bicyclic) bond motifs is 1. The second-order valence-corrected chi connectivity index (χ2v) is 12.6. The fraction of sp³-hybridized carbons (Fsp3) is 1.00. The summed E-state index contributed by atoms with van der Waals surface area (Å²) in [5.74, 6) is -0.782. The van der Waals surface area contributed by atoms with E-state index in [1.165, 1.54) is 0 Å². The van der Waals surface area contributed by atoms with Crippen LogP contribution in [0.1, 0.15) is 66.2 Å². The third-order valence-corrected chi connectivity index (χ3v) is 11.0. The molecule has 0 heterocycles. The molecule has 0 radical (unpaired) electrons. The lowest BCUT2D eigenvalue weighted by atomic mass is 9.57. The summed E-state index contributed by atoms with van der Waals surface area (Å²) in [5.41, 5.74) is -2.64. The maximum atomic E-state index is 11.4. The number of halogens is 2. The lowest BCUT2D eigenvalue weighted by molar-refractivity contribution is -0.183. The van der Waals surface area contributed by atoms with E-state index in [2.05, 4.69) is 52.6 Å². The van der Waals surface area contributed by atoms with Crippen molar-refractivity contribution in [3.63, 3.8) is 0 Å². The third-order valence-electron chi connectivity index (χ3n) is 7.83. The molecule has 3 fully saturated rings. The van der Waals surface area contributed by atoms with Gasteiger partial charge in [0.05, 0.1) is 23.4 Å². The molecule has 6 heteroatoms. The summed E-state index contributed by atoms with van der Waals surface area (Å²) in [6.45, 7) is 8.13. The van der Waals surface area contributed by atoms with Crippen molar-refractivity contribution < 1.29 is 20.4 Å². The van der Waals surface area contributed by atoms with Gasteiger partial charge in [0.25, 0.3) is 0 Å². The minimum atomic E-state index is -1.24. The molecule has 26 heavy (non-hydrogen) atoms. The lowest BCUT2D eigenvalue weighted by Gasteiger charge is -2.54. The Balaban J connectivity index is 1.94. The highest BCUT2D eigenvalue weighted by Gasteiger charge is 2.65. The quantitative estimate of drug-likeness (QED) is 0.441. The minimum absolute atomic E-state index is 0.145. The summed E-state index contributed by atoms with van der Waals surface area (Å²) in [6.07, 6.45) is 2.00. The van der Waals surface area contributed by atoms with Crippen LogP contribution in [0.15, 0.2) is 0 Å². The van der Waals surface area contributed by atoms with Gasteiger partial charge in [-0.05, 0) is 56.3 Å². The van der Waals surface area contributed by atoms with Crippen molar-refractivity contribution in [1.29, 1.82) is 0 Å². The van der Waals surface area contributed by atoms with Gasteiger partial charge in [0.15, 0.2) is 0 Å². The normalized spacial score (nSPS) is 55.4. The second-order valence-electron chi connectivity index (χ2n) is 10.4. The molecular weight excluding hydrogens is 464 g/mol. The minimum Gasteiger partial charge on any atom is -0.393 e. The molecule has 4 nitrogen and oxygen atoms in total. The van der Waals surface area contributed by atoms with Crippen molar-refractivity contribution in [1.82, 2.24) is 0 Å². The van der Waals surface area contributed by atoms with Crippen LogP contribution in [0, 0.1) is 22.7 Å². The van der Waals surface area contributed by atoms with Crippen molar-refractivity contribution in [3.8, 4) is 0 Å². The molecule has 0 aromatic carbocycles. The summed E-state index contributed by atoms with van der Waals surface area (Å²) in [6, 6.07) is 0. The monoisotopic (exact) mass is 496 g/mol. The van der Waals surface area contributed by atoms with E-state index in [9.17, 15) is 20.4 Å². The predicted molar refractivity (Wildman–Crippen MR) is 110 cm³/mol. The van der Waals surface area contributed by atoms with Crippen LogP contribution in [0.3, 0.4) is 0 Å². The molecule has 0 aromatic rings. The summed E-state index contributed by atoms with van der Waals surface area (Å²) >= 11 is 7.48. The highest BCUT2D eigenvalue weighted by atomic mass is 79.9. The summed E-state index contributed by atoms with van der Waals surface area (Å²) in [4.78, 5) is 0.488. The zero-order valence-electron chi connectivity index (χ0n) is 16.3. The van der Waals surface area contributed by atoms with E-state index < -0.39 is 29.3 Å². The Labute approximate surface area is 174 Å². The molecule has 0 aromatic heterocycles. The van der Waals surface area contributed by atoms with Gasteiger partial charge in [-0.2, -0.15) is 0 Å². The van der Waals surface area contributed by atoms with Gasteiger partial charge in [-0.25, -0.2) is 0 Å². The molecule has 4 N–H and O–H groups in total. The molecule has 0 aliphatic heterocycles. The number of rotatable bonds is 2.